The number of hydrogen-bond donors (Lipinski definition) is 2. The fourth-order valence-electron chi connectivity index (χ4n) is 1.58. The highest BCUT2D eigenvalue weighted by Crippen LogP contribution is 2.36. The number of ether oxygens (including phenoxy) is 1. The summed E-state index contributed by atoms with van der Waals surface area (Å²) in [6, 6.07) is 3.04. The van der Waals surface area contributed by atoms with Crippen molar-refractivity contribution in [2.75, 3.05) is 6.61 Å². The lowest BCUT2D eigenvalue weighted by molar-refractivity contribution is -0.146. The van der Waals surface area contributed by atoms with E-state index in [1.165, 1.54) is 6.07 Å². The van der Waals surface area contributed by atoms with Crippen LogP contribution < -0.4 is 4.74 Å². The van der Waals surface area contributed by atoms with E-state index in [1.807, 2.05) is 0 Å². The number of benzene rings is 1. The fourth-order valence-corrected chi connectivity index (χ4v) is 1.89. The van der Waals surface area contributed by atoms with Gasteiger partial charge < -0.3 is 14.9 Å². The quantitative estimate of drug-likeness (QED) is 0.803. The molecule has 0 saturated carbocycles. The van der Waals surface area contributed by atoms with Crippen LogP contribution in [0.25, 0.3) is 0 Å². The molecule has 80 valence electrons. The summed E-state index contributed by atoms with van der Waals surface area (Å²) in [5, 5.41) is 18.4. The van der Waals surface area contributed by atoms with Gasteiger partial charge in [0.05, 0.1) is 11.6 Å². The molecule has 0 spiro atoms. The average molecular weight is 229 g/mol. The lowest BCUT2D eigenvalue weighted by atomic mass is 10.0. The zero-order valence-electron chi connectivity index (χ0n) is 7.74. The Hall–Kier alpha value is -1.26. The Bertz CT molecular complexity index is 416. The molecule has 15 heavy (non-hydrogen) atoms. The topological polar surface area (TPSA) is 66.8 Å². The molecule has 1 aliphatic heterocycles. The maximum absolute atomic E-state index is 10.6. The highest BCUT2D eigenvalue weighted by atomic mass is 35.5. The van der Waals surface area contributed by atoms with E-state index in [0.29, 0.717) is 23.8 Å². The predicted octanol–water partition coefficient (Wildman–Crippen LogP) is 1.39. The van der Waals surface area contributed by atoms with Gasteiger partial charge in [-0.1, -0.05) is 11.6 Å². The Morgan fingerprint density at radius 1 is 1.53 bits per heavy atom. The van der Waals surface area contributed by atoms with Gasteiger partial charge >= 0.3 is 5.97 Å². The standard InChI is InChI=1S/C10H9ClO4/c11-7-4-6(8(12)10(13)14)3-5-1-2-15-9(5)7/h3-4,8,12H,1-2H2,(H,13,14). The molecule has 1 heterocycles. The van der Waals surface area contributed by atoms with Crippen LogP contribution in [0.15, 0.2) is 12.1 Å². The molecule has 0 fully saturated rings. The summed E-state index contributed by atoms with van der Waals surface area (Å²) < 4.78 is 5.26. The number of aliphatic hydroxyl groups is 1. The molecule has 0 radical (unpaired) electrons. The number of carbonyl (C=O) groups is 1. The van der Waals surface area contributed by atoms with Crippen LogP contribution in [0.5, 0.6) is 5.75 Å². The third-order valence-electron chi connectivity index (χ3n) is 2.31. The molecule has 0 aromatic heterocycles. The number of fused-ring (bicyclic) bond motifs is 1. The third-order valence-corrected chi connectivity index (χ3v) is 2.59. The zero-order valence-corrected chi connectivity index (χ0v) is 8.49. The van der Waals surface area contributed by atoms with Crippen LogP contribution in [0, 0.1) is 0 Å². The van der Waals surface area contributed by atoms with E-state index in [-0.39, 0.29) is 5.56 Å². The maximum atomic E-state index is 10.6. The predicted molar refractivity (Wildman–Crippen MR) is 53.2 cm³/mol. The van der Waals surface area contributed by atoms with Gasteiger partial charge in [0.15, 0.2) is 6.10 Å². The van der Waals surface area contributed by atoms with Gasteiger partial charge in [0.25, 0.3) is 0 Å². The van der Waals surface area contributed by atoms with Crippen LogP contribution in [0.3, 0.4) is 0 Å². The van der Waals surface area contributed by atoms with Crippen LogP contribution in [0.1, 0.15) is 17.2 Å². The second-order valence-corrected chi connectivity index (χ2v) is 3.74. The molecule has 0 saturated heterocycles. The molecular formula is C10H9ClO4. The number of aliphatic carboxylic acids is 1. The first-order valence-electron chi connectivity index (χ1n) is 4.45. The molecule has 1 aromatic carbocycles. The van der Waals surface area contributed by atoms with Gasteiger partial charge in [0.2, 0.25) is 0 Å². The first kappa shape index (κ1) is 10.3. The van der Waals surface area contributed by atoms with Crippen molar-refractivity contribution in [3.63, 3.8) is 0 Å². The van der Waals surface area contributed by atoms with Crippen molar-refractivity contribution in [1.29, 1.82) is 0 Å². The summed E-state index contributed by atoms with van der Waals surface area (Å²) >= 11 is 5.89. The molecule has 0 amide bonds. The van der Waals surface area contributed by atoms with Crippen molar-refractivity contribution in [2.45, 2.75) is 12.5 Å². The van der Waals surface area contributed by atoms with E-state index < -0.39 is 12.1 Å². The Labute approximate surface area is 91.1 Å². The monoisotopic (exact) mass is 228 g/mol. The van der Waals surface area contributed by atoms with E-state index in [0.717, 1.165) is 5.56 Å². The summed E-state index contributed by atoms with van der Waals surface area (Å²) in [5.41, 5.74) is 1.13. The van der Waals surface area contributed by atoms with Gasteiger partial charge in [0.1, 0.15) is 5.75 Å². The average Bonchev–Trinajstić information content (AvgIpc) is 2.64. The number of carboxylic acids is 1. The van der Waals surface area contributed by atoms with Crippen molar-refractivity contribution in [2.24, 2.45) is 0 Å². The summed E-state index contributed by atoms with van der Waals surface area (Å²) in [5.74, 6) is -0.692. The molecule has 1 aromatic rings. The van der Waals surface area contributed by atoms with Crippen molar-refractivity contribution < 1.29 is 19.7 Å². The number of rotatable bonds is 2. The van der Waals surface area contributed by atoms with Gasteiger partial charge in [-0.05, 0) is 23.3 Å². The number of aliphatic hydroxyl groups excluding tert-OH is 1. The van der Waals surface area contributed by atoms with Crippen LogP contribution in [-0.4, -0.2) is 22.8 Å². The molecule has 1 aliphatic rings. The number of halogens is 1. The van der Waals surface area contributed by atoms with Crippen LogP contribution in [0.2, 0.25) is 5.02 Å². The van der Waals surface area contributed by atoms with Gasteiger partial charge in [-0.2, -0.15) is 0 Å². The molecular weight excluding hydrogens is 220 g/mol. The number of carboxylic acid groups (broad SMARTS) is 1. The van der Waals surface area contributed by atoms with Gasteiger partial charge in [-0.15, -0.1) is 0 Å². The van der Waals surface area contributed by atoms with Crippen LogP contribution in [0.4, 0.5) is 0 Å². The molecule has 2 N–H and O–H groups in total. The van der Waals surface area contributed by atoms with E-state index in [9.17, 15) is 9.90 Å². The van der Waals surface area contributed by atoms with Crippen LogP contribution in [-0.2, 0) is 11.2 Å². The minimum Gasteiger partial charge on any atom is -0.491 e. The highest BCUT2D eigenvalue weighted by Gasteiger charge is 2.22. The van der Waals surface area contributed by atoms with E-state index in [1.54, 1.807) is 6.07 Å². The normalized spacial score (nSPS) is 15.6. The molecule has 4 nitrogen and oxygen atoms in total. The van der Waals surface area contributed by atoms with E-state index >= 15 is 0 Å². The molecule has 0 aliphatic carbocycles. The largest absolute Gasteiger partial charge is 0.491 e. The second kappa shape index (κ2) is 3.72. The Morgan fingerprint density at radius 2 is 2.27 bits per heavy atom. The first-order valence-corrected chi connectivity index (χ1v) is 4.83. The fraction of sp³-hybridized carbons (Fsp3) is 0.300. The number of hydrogen-bond acceptors (Lipinski definition) is 3. The Balaban J connectivity index is 2.43. The minimum absolute atomic E-state index is 0.289. The van der Waals surface area contributed by atoms with Gasteiger partial charge in [-0.25, -0.2) is 4.79 Å². The van der Waals surface area contributed by atoms with Crippen molar-refractivity contribution in [1.82, 2.24) is 0 Å². The third kappa shape index (κ3) is 1.78. The maximum Gasteiger partial charge on any atom is 0.337 e. The molecule has 2 rings (SSSR count). The smallest absolute Gasteiger partial charge is 0.337 e. The summed E-state index contributed by atoms with van der Waals surface area (Å²) in [6.07, 6.45) is -0.844. The molecule has 5 heteroatoms. The van der Waals surface area contributed by atoms with E-state index in [2.05, 4.69) is 0 Å². The van der Waals surface area contributed by atoms with Gasteiger partial charge in [0, 0.05) is 6.42 Å². The van der Waals surface area contributed by atoms with Crippen molar-refractivity contribution in [3.8, 4) is 5.75 Å². The van der Waals surface area contributed by atoms with Gasteiger partial charge in [-0.3, -0.25) is 0 Å². The molecule has 1 atom stereocenters. The summed E-state index contributed by atoms with van der Waals surface area (Å²) in [7, 11) is 0. The Morgan fingerprint density at radius 3 is 2.93 bits per heavy atom. The molecule has 0 bridgehead atoms. The summed E-state index contributed by atoms with van der Waals surface area (Å²) in [4.78, 5) is 10.6. The Kier molecular flexibility index (Phi) is 2.54. The van der Waals surface area contributed by atoms with E-state index in [4.69, 9.17) is 21.4 Å². The van der Waals surface area contributed by atoms with Crippen molar-refractivity contribution in [3.05, 3.63) is 28.3 Å². The van der Waals surface area contributed by atoms with Crippen molar-refractivity contribution >= 4 is 17.6 Å². The SMILES string of the molecule is O=C(O)C(O)c1cc(Cl)c2c(c1)CCO2. The second-order valence-electron chi connectivity index (χ2n) is 3.33. The van der Waals surface area contributed by atoms with Crippen LogP contribution >= 0.6 is 11.6 Å². The minimum atomic E-state index is -1.53. The first-order chi connectivity index (χ1) is 7.09. The zero-order chi connectivity index (χ0) is 11.0. The summed E-state index contributed by atoms with van der Waals surface area (Å²) in [6.45, 7) is 0.543. The molecule has 1 unspecified atom stereocenters. The highest BCUT2D eigenvalue weighted by molar-refractivity contribution is 6.32. The lowest BCUT2D eigenvalue weighted by Crippen LogP contribution is -2.10. The lowest BCUT2D eigenvalue weighted by Gasteiger charge is -2.09.